The highest BCUT2D eigenvalue weighted by molar-refractivity contribution is 5.81. The number of carbonyl (C=O) groups excluding carboxylic acids is 1. The zero-order valence-electron chi connectivity index (χ0n) is 7.64. The molecule has 0 saturated heterocycles. The highest BCUT2D eigenvalue weighted by Gasteiger charge is 2.38. The quantitative estimate of drug-likeness (QED) is 0.604. The number of carbonyl (C=O) groups is 1. The molecule has 1 amide bonds. The van der Waals surface area contributed by atoms with Gasteiger partial charge in [-0.3, -0.25) is 4.79 Å². The molecule has 0 radical (unpaired) electrons. The number of aliphatic hydroxyl groups is 1. The predicted molar refractivity (Wildman–Crippen MR) is 43.3 cm³/mol. The number of hydrogen-bond donors (Lipinski definition) is 3. The van der Waals surface area contributed by atoms with E-state index in [0.29, 0.717) is 6.42 Å². The summed E-state index contributed by atoms with van der Waals surface area (Å²) in [6, 6.07) is -0.838. The van der Waals surface area contributed by atoms with E-state index in [1.165, 1.54) is 0 Å². The molecule has 14 heavy (non-hydrogen) atoms. The number of nitrogens with one attached hydrogen (secondary N) is 1. The lowest BCUT2D eigenvalue weighted by Crippen LogP contribution is -2.46. The minimum absolute atomic E-state index is 0.327. The average Bonchev–Trinajstić information content (AvgIpc) is 2.10. The number of hydrogen-bond acceptors (Lipinski definition) is 3. The number of amides is 1. The number of nitrogens with two attached hydrogens (primary N) is 1. The summed E-state index contributed by atoms with van der Waals surface area (Å²) in [5, 5.41) is 10.4. The van der Waals surface area contributed by atoms with Crippen molar-refractivity contribution in [3.8, 4) is 0 Å². The van der Waals surface area contributed by atoms with Crippen molar-refractivity contribution in [3.05, 3.63) is 0 Å². The Morgan fingerprint density at radius 1 is 1.57 bits per heavy atom. The fourth-order valence-corrected chi connectivity index (χ4v) is 0.629. The van der Waals surface area contributed by atoms with E-state index in [0.717, 1.165) is 0 Å². The van der Waals surface area contributed by atoms with E-state index in [1.54, 1.807) is 6.92 Å². The molecule has 0 aromatic carbocycles. The summed E-state index contributed by atoms with van der Waals surface area (Å²) in [5.41, 5.74) is 5.24. The van der Waals surface area contributed by atoms with E-state index in [9.17, 15) is 18.0 Å². The van der Waals surface area contributed by atoms with Crippen LogP contribution in [0.15, 0.2) is 0 Å². The Labute approximate surface area is 79.3 Å². The highest BCUT2D eigenvalue weighted by atomic mass is 19.4. The van der Waals surface area contributed by atoms with Gasteiger partial charge in [-0.25, -0.2) is 0 Å². The molecule has 0 bridgehead atoms. The van der Waals surface area contributed by atoms with E-state index < -0.39 is 30.8 Å². The first-order valence-electron chi connectivity index (χ1n) is 4.07. The van der Waals surface area contributed by atoms with Crippen LogP contribution in [0.2, 0.25) is 0 Å². The summed E-state index contributed by atoms with van der Waals surface area (Å²) in [6.07, 6.45) is -6.94. The molecule has 0 rings (SSSR count). The van der Waals surface area contributed by atoms with E-state index in [2.05, 4.69) is 0 Å². The third-order valence-electron chi connectivity index (χ3n) is 1.62. The van der Waals surface area contributed by atoms with Crippen LogP contribution in [0, 0.1) is 0 Å². The summed E-state index contributed by atoms with van der Waals surface area (Å²) >= 11 is 0. The van der Waals surface area contributed by atoms with Crippen LogP contribution in [0.5, 0.6) is 0 Å². The Morgan fingerprint density at radius 3 is 2.43 bits per heavy atom. The van der Waals surface area contributed by atoms with Gasteiger partial charge in [0.25, 0.3) is 0 Å². The lowest BCUT2D eigenvalue weighted by molar-refractivity contribution is -0.201. The van der Waals surface area contributed by atoms with Crippen molar-refractivity contribution in [3.63, 3.8) is 0 Å². The molecule has 0 aliphatic rings. The minimum Gasteiger partial charge on any atom is -0.382 e. The Morgan fingerprint density at radius 2 is 2.07 bits per heavy atom. The summed E-state index contributed by atoms with van der Waals surface area (Å²) in [5.74, 6) is -0.698. The molecule has 0 fully saturated rings. The fourth-order valence-electron chi connectivity index (χ4n) is 0.629. The molecule has 0 heterocycles. The Balaban J connectivity index is 3.89. The molecule has 1 unspecified atom stereocenters. The summed E-state index contributed by atoms with van der Waals surface area (Å²) in [6.45, 7) is 0.764. The molecular weight excluding hydrogens is 201 g/mol. The van der Waals surface area contributed by atoms with Gasteiger partial charge in [0.1, 0.15) is 0 Å². The van der Waals surface area contributed by atoms with Crippen molar-refractivity contribution in [2.24, 2.45) is 5.73 Å². The standard InChI is InChI=1S/C7H13F3N2O2/c1-2-4(11)6(14)12-3-5(13)7(8,9)10/h4-5,13H,2-3,11H2,1H3,(H,12,14)/t4-,5?/m0/s1. The maximum Gasteiger partial charge on any atom is 0.416 e. The minimum atomic E-state index is -4.72. The summed E-state index contributed by atoms with van der Waals surface area (Å²) in [4.78, 5) is 10.9. The smallest absolute Gasteiger partial charge is 0.382 e. The van der Waals surface area contributed by atoms with Gasteiger partial charge < -0.3 is 16.2 Å². The van der Waals surface area contributed by atoms with Gasteiger partial charge >= 0.3 is 6.18 Å². The van der Waals surface area contributed by atoms with E-state index in [-0.39, 0.29) is 0 Å². The van der Waals surface area contributed by atoms with E-state index in [4.69, 9.17) is 10.8 Å². The average molecular weight is 214 g/mol. The van der Waals surface area contributed by atoms with Gasteiger partial charge in [0.2, 0.25) is 5.91 Å². The van der Waals surface area contributed by atoms with Crippen LogP contribution >= 0.6 is 0 Å². The first-order chi connectivity index (χ1) is 6.29. The highest BCUT2D eigenvalue weighted by Crippen LogP contribution is 2.19. The lowest BCUT2D eigenvalue weighted by Gasteiger charge is -2.16. The molecule has 4 nitrogen and oxygen atoms in total. The van der Waals surface area contributed by atoms with Crippen molar-refractivity contribution in [2.45, 2.75) is 31.7 Å². The maximum atomic E-state index is 11.8. The van der Waals surface area contributed by atoms with Gasteiger partial charge in [0, 0.05) is 0 Å². The molecular formula is C7H13F3N2O2. The molecule has 2 atom stereocenters. The Bertz CT molecular complexity index is 196. The topological polar surface area (TPSA) is 75.4 Å². The summed E-state index contributed by atoms with van der Waals surface area (Å²) < 4.78 is 35.3. The number of aliphatic hydroxyl groups excluding tert-OH is 1. The van der Waals surface area contributed by atoms with E-state index in [1.807, 2.05) is 5.32 Å². The zero-order valence-corrected chi connectivity index (χ0v) is 7.64. The zero-order chi connectivity index (χ0) is 11.4. The third-order valence-corrected chi connectivity index (χ3v) is 1.62. The first kappa shape index (κ1) is 13.2. The predicted octanol–water partition coefficient (Wildman–Crippen LogP) is -0.237. The molecule has 0 aromatic heterocycles. The Hall–Kier alpha value is -0.820. The van der Waals surface area contributed by atoms with Gasteiger partial charge in [-0.2, -0.15) is 13.2 Å². The normalized spacial score (nSPS) is 16.1. The van der Waals surface area contributed by atoms with Crippen molar-refractivity contribution in [1.29, 1.82) is 0 Å². The van der Waals surface area contributed by atoms with Crippen LogP contribution in [0.3, 0.4) is 0 Å². The van der Waals surface area contributed by atoms with Crippen molar-refractivity contribution in [2.75, 3.05) is 6.54 Å². The molecule has 0 aliphatic carbocycles. The molecule has 0 spiro atoms. The fraction of sp³-hybridized carbons (Fsp3) is 0.857. The largest absolute Gasteiger partial charge is 0.416 e. The molecule has 7 heteroatoms. The maximum absolute atomic E-state index is 11.8. The second-order valence-corrected chi connectivity index (χ2v) is 2.82. The monoisotopic (exact) mass is 214 g/mol. The van der Waals surface area contributed by atoms with Crippen molar-refractivity contribution in [1.82, 2.24) is 5.32 Å². The van der Waals surface area contributed by atoms with Gasteiger partial charge in [-0.05, 0) is 6.42 Å². The van der Waals surface area contributed by atoms with Crippen LogP contribution in [-0.2, 0) is 4.79 Å². The second kappa shape index (κ2) is 5.16. The number of rotatable bonds is 4. The second-order valence-electron chi connectivity index (χ2n) is 2.82. The van der Waals surface area contributed by atoms with Crippen LogP contribution in [0.4, 0.5) is 13.2 Å². The van der Waals surface area contributed by atoms with Crippen LogP contribution in [0.25, 0.3) is 0 Å². The summed E-state index contributed by atoms with van der Waals surface area (Å²) in [7, 11) is 0. The van der Waals surface area contributed by atoms with Crippen LogP contribution in [0.1, 0.15) is 13.3 Å². The van der Waals surface area contributed by atoms with Gasteiger partial charge in [-0.15, -0.1) is 0 Å². The number of alkyl halides is 3. The third kappa shape index (κ3) is 4.43. The number of halogens is 3. The van der Waals surface area contributed by atoms with Gasteiger partial charge in [0.05, 0.1) is 12.6 Å². The lowest BCUT2D eigenvalue weighted by atomic mass is 10.2. The van der Waals surface area contributed by atoms with Crippen molar-refractivity contribution < 1.29 is 23.1 Å². The molecule has 84 valence electrons. The molecule has 0 saturated carbocycles. The Kier molecular flexibility index (Phi) is 4.86. The van der Waals surface area contributed by atoms with E-state index >= 15 is 0 Å². The molecule has 4 N–H and O–H groups in total. The SMILES string of the molecule is CC[C@H](N)C(=O)NCC(O)C(F)(F)F. The molecule has 0 aliphatic heterocycles. The van der Waals surface area contributed by atoms with Crippen LogP contribution in [-0.4, -0.2) is 35.9 Å². The van der Waals surface area contributed by atoms with Gasteiger partial charge in [-0.1, -0.05) is 6.92 Å². The van der Waals surface area contributed by atoms with Gasteiger partial charge in [0.15, 0.2) is 6.10 Å². The van der Waals surface area contributed by atoms with Crippen molar-refractivity contribution >= 4 is 5.91 Å². The van der Waals surface area contributed by atoms with Crippen LogP contribution < -0.4 is 11.1 Å². The molecule has 0 aromatic rings. The first-order valence-corrected chi connectivity index (χ1v) is 4.07.